The fourth-order valence-corrected chi connectivity index (χ4v) is 4.80. The van der Waals surface area contributed by atoms with Gasteiger partial charge in [-0.1, -0.05) is 19.4 Å². The predicted molar refractivity (Wildman–Crippen MR) is 133 cm³/mol. The van der Waals surface area contributed by atoms with Gasteiger partial charge in [0.15, 0.2) is 5.58 Å². The average molecular weight is 461 g/mol. The molecule has 2 atom stereocenters. The summed E-state index contributed by atoms with van der Waals surface area (Å²) < 4.78 is 12.1. The number of oxazole rings is 1. The third-order valence-corrected chi connectivity index (χ3v) is 6.90. The molecule has 7 nitrogen and oxygen atoms in total. The zero-order valence-corrected chi connectivity index (χ0v) is 19.9. The van der Waals surface area contributed by atoms with Gasteiger partial charge in [0.25, 0.3) is 0 Å². The molecular weight excluding hydrogens is 428 g/mol. The van der Waals surface area contributed by atoms with Gasteiger partial charge >= 0.3 is 0 Å². The van der Waals surface area contributed by atoms with E-state index in [2.05, 4.69) is 34.3 Å². The molecule has 1 fully saturated rings. The molecule has 0 radical (unpaired) electrons. The summed E-state index contributed by atoms with van der Waals surface area (Å²) in [4.78, 5) is 18.9. The average Bonchev–Trinajstić information content (AvgIpc) is 3.31. The normalized spacial score (nSPS) is 20.1. The second kappa shape index (κ2) is 9.97. The Morgan fingerprint density at radius 2 is 1.88 bits per heavy atom. The highest BCUT2D eigenvalue weighted by molar-refractivity contribution is 6.07. The van der Waals surface area contributed by atoms with E-state index in [1.54, 1.807) is 0 Å². The maximum Gasteiger partial charge on any atom is 0.240 e. The van der Waals surface area contributed by atoms with E-state index in [-0.39, 0.29) is 11.8 Å². The van der Waals surface area contributed by atoms with Crippen LogP contribution >= 0.6 is 0 Å². The molecule has 3 heterocycles. The van der Waals surface area contributed by atoms with Crippen LogP contribution in [-0.2, 0) is 4.79 Å². The molecule has 7 heteroatoms. The number of amides is 1. The van der Waals surface area contributed by atoms with Crippen LogP contribution in [0, 0.1) is 5.92 Å². The summed E-state index contributed by atoms with van der Waals surface area (Å²) in [7, 11) is 0. The molecule has 34 heavy (non-hydrogen) atoms. The third kappa shape index (κ3) is 4.85. The van der Waals surface area contributed by atoms with Crippen LogP contribution in [0.3, 0.4) is 0 Å². The Balaban J connectivity index is 1.28. The van der Waals surface area contributed by atoms with Gasteiger partial charge in [0.05, 0.1) is 5.71 Å². The van der Waals surface area contributed by atoms with Gasteiger partial charge in [-0.3, -0.25) is 9.69 Å². The van der Waals surface area contributed by atoms with E-state index in [1.807, 2.05) is 42.5 Å². The Labute approximate surface area is 200 Å². The molecule has 5 rings (SSSR count). The fraction of sp³-hybridized carbons (Fsp3) is 0.444. The van der Waals surface area contributed by atoms with E-state index >= 15 is 0 Å². The van der Waals surface area contributed by atoms with Crippen molar-refractivity contribution in [3.63, 3.8) is 0 Å². The molecule has 1 amide bonds. The first-order valence-corrected chi connectivity index (χ1v) is 12.4. The Kier molecular flexibility index (Phi) is 6.63. The number of likely N-dealkylation sites (tertiary alicyclic amines) is 1. The van der Waals surface area contributed by atoms with Gasteiger partial charge in [0.1, 0.15) is 17.9 Å². The standard InChI is InChI=1S/C27H32N4O3/c1-3-19-16-25(32)29-30-26(19)21-9-12-23-24(15-21)34-27(28-23)20-7-10-22(11-8-20)33-17-18(2)31-13-5-4-6-14-31/h7-12,15,18-19H,3-6,13-14,16-17H2,1-2H3,(H,29,32)/t18?,19-/m0/s1. The first-order chi connectivity index (χ1) is 16.6. The summed E-state index contributed by atoms with van der Waals surface area (Å²) in [5, 5.41) is 4.31. The summed E-state index contributed by atoms with van der Waals surface area (Å²) in [5.74, 6) is 1.51. The van der Waals surface area contributed by atoms with Crippen LogP contribution in [0.2, 0.25) is 0 Å². The molecule has 2 aliphatic rings. The number of piperidine rings is 1. The molecule has 1 unspecified atom stereocenters. The smallest absolute Gasteiger partial charge is 0.240 e. The van der Waals surface area contributed by atoms with Crippen LogP contribution in [0.5, 0.6) is 5.75 Å². The van der Waals surface area contributed by atoms with E-state index in [4.69, 9.17) is 9.15 Å². The van der Waals surface area contributed by atoms with Gasteiger partial charge in [-0.2, -0.15) is 5.10 Å². The van der Waals surface area contributed by atoms with Crippen molar-refractivity contribution in [3.8, 4) is 17.2 Å². The van der Waals surface area contributed by atoms with Crippen LogP contribution in [0.25, 0.3) is 22.6 Å². The van der Waals surface area contributed by atoms with Crippen molar-refractivity contribution in [2.75, 3.05) is 19.7 Å². The highest BCUT2D eigenvalue weighted by Gasteiger charge is 2.25. The largest absolute Gasteiger partial charge is 0.492 e. The van der Waals surface area contributed by atoms with Gasteiger partial charge in [-0.15, -0.1) is 0 Å². The fourth-order valence-electron chi connectivity index (χ4n) is 4.80. The minimum absolute atomic E-state index is 0.0352. The predicted octanol–water partition coefficient (Wildman–Crippen LogP) is 5.00. The van der Waals surface area contributed by atoms with Crippen molar-refractivity contribution in [2.24, 2.45) is 11.0 Å². The first kappa shape index (κ1) is 22.6. The van der Waals surface area contributed by atoms with Gasteiger partial charge in [0.2, 0.25) is 11.8 Å². The Morgan fingerprint density at radius 1 is 1.12 bits per heavy atom. The molecular formula is C27H32N4O3. The number of rotatable bonds is 7. The summed E-state index contributed by atoms with van der Waals surface area (Å²) in [6, 6.07) is 14.2. The summed E-state index contributed by atoms with van der Waals surface area (Å²) in [6.07, 6.45) is 5.23. The zero-order chi connectivity index (χ0) is 23.5. The van der Waals surface area contributed by atoms with Gasteiger partial charge in [0, 0.05) is 29.5 Å². The SMILES string of the molecule is CC[C@H]1CC(=O)NN=C1c1ccc2nc(-c3ccc(OCC(C)N4CCCCC4)cc3)oc2c1. The molecule has 0 bridgehead atoms. The number of hydrogen-bond donors (Lipinski definition) is 1. The Hall–Kier alpha value is -3.19. The van der Waals surface area contributed by atoms with Gasteiger partial charge < -0.3 is 9.15 Å². The lowest BCUT2D eigenvalue weighted by Gasteiger charge is -2.32. The lowest BCUT2D eigenvalue weighted by Crippen LogP contribution is -2.40. The van der Waals surface area contributed by atoms with Gasteiger partial charge in [-0.05, 0) is 75.7 Å². The molecule has 2 aliphatic heterocycles. The number of benzene rings is 2. The van der Waals surface area contributed by atoms with Crippen LogP contribution in [0.15, 0.2) is 52.0 Å². The molecule has 0 spiro atoms. The monoisotopic (exact) mass is 460 g/mol. The van der Waals surface area contributed by atoms with Crippen molar-refractivity contribution in [3.05, 3.63) is 48.0 Å². The number of nitrogens with one attached hydrogen (secondary N) is 1. The minimum atomic E-state index is -0.0352. The number of hydrogen-bond acceptors (Lipinski definition) is 6. The summed E-state index contributed by atoms with van der Waals surface area (Å²) in [5.41, 5.74) is 6.85. The van der Waals surface area contributed by atoms with Crippen molar-refractivity contribution >= 4 is 22.7 Å². The Morgan fingerprint density at radius 3 is 2.65 bits per heavy atom. The summed E-state index contributed by atoms with van der Waals surface area (Å²) in [6.45, 7) is 7.34. The molecule has 1 N–H and O–H groups in total. The van der Waals surface area contributed by atoms with Gasteiger partial charge in [-0.25, -0.2) is 10.4 Å². The quantitative estimate of drug-likeness (QED) is 0.537. The number of carbonyl (C=O) groups is 1. The molecule has 0 aliphatic carbocycles. The second-order valence-electron chi connectivity index (χ2n) is 9.32. The van der Waals surface area contributed by atoms with E-state index < -0.39 is 0 Å². The summed E-state index contributed by atoms with van der Waals surface area (Å²) >= 11 is 0. The zero-order valence-electron chi connectivity index (χ0n) is 19.9. The van der Waals surface area contributed by atoms with Crippen molar-refractivity contribution in [2.45, 2.75) is 52.0 Å². The van der Waals surface area contributed by atoms with Crippen molar-refractivity contribution < 1.29 is 13.9 Å². The number of hydrazone groups is 1. The lowest BCUT2D eigenvalue weighted by atomic mass is 9.90. The number of aromatic nitrogens is 1. The Bertz CT molecular complexity index is 1180. The molecule has 178 valence electrons. The highest BCUT2D eigenvalue weighted by Crippen LogP contribution is 2.28. The lowest BCUT2D eigenvalue weighted by molar-refractivity contribution is -0.122. The van der Waals surface area contributed by atoms with Crippen LogP contribution in [0.1, 0.15) is 51.5 Å². The van der Waals surface area contributed by atoms with Crippen molar-refractivity contribution in [1.29, 1.82) is 0 Å². The maximum atomic E-state index is 11.7. The molecule has 1 aromatic heterocycles. The topological polar surface area (TPSA) is 80.0 Å². The number of fused-ring (bicyclic) bond motifs is 1. The minimum Gasteiger partial charge on any atom is -0.492 e. The maximum absolute atomic E-state index is 11.7. The van der Waals surface area contributed by atoms with Crippen LogP contribution in [-0.4, -0.2) is 47.2 Å². The molecule has 1 saturated heterocycles. The third-order valence-electron chi connectivity index (χ3n) is 6.90. The van der Waals surface area contributed by atoms with E-state index in [0.29, 0.717) is 30.5 Å². The van der Waals surface area contributed by atoms with Crippen LogP contribution in [0.4, 0.5) is 0 Å². The molecule has 3 aromatic rings. The van der Waals surface area contributed by atoms with Crippen LogP contribution < -0.4 is 10.2 Å². The van der Waals surface area contributed by atoms with E-state index in [9.17, 15) is 4.79 Å². The first-order valence-electron chi connectivity index (χ1n) is 12.4. The number of nitrogens with zero attached hydrogens (tertiary/aromatic N) is 3. The van der Waals surface area contributed by atoms with Crippen molar-refractivity contribution in [1.82, 2.24) is 15.3 Å². The second-order valence-corrected chi connectivity index (χ2v) is 9.32. The molecule has 0 saturated carbocycles. The van der Waals surface area contributed by atoms with E-state index in [1.165, 1.54) is 32.4 Å². The number of ether oxygens (including phenoxy) is 1. The number of carbonyl (C=O) groups excluding carboxylic acids is 1. The molecule has 2 aromatic carbocycles. The van der Waals surface area contributed by atoms with E-state index in [0.717, 1.165) is 34.5 Å². The highest BCUT2D eigenvalue weighted by atomic mass is 16.5.